The molecular formula is C8H9AsNO4. The number of rotatable bonds is 3. The Hall–Kier alpha value is -1.03. The van der Waals surface area contributed by atoms with Crippen molar-refractivity contribution in [3.05, 3.63) is 24.3 Å². The summed E-state index contributed by atoms with van der Waals surface area (Å²) in [5, 5.41) is 10.8. The number of amides is 1. The van der Waals surface area contributed by atoms with Crippen LogP contribution >= 0.6 is 0 Å². The average molecular weight is 258 g/mol. The van der Waals surface area contributed by atoms with Gasteiger partial charge >= 0.3 is 84.8 Å². The number of benzene rings is 1. The molecule has 1 unspecified atom stereocenters. The van der Waals surface area contributed by atoms with Gasteiger partial charge in [-0.25, -0.2) is 0 Å². The number of aliphatic hydroxyl groups excluding tert-OH is 1. The number of aliphatic hydroxyl groups is 1. The van der Waals surface area contributed by atoms with Crippen LogP contribution in [0.2, 0.25) is 0 Å². The van der Waals surface area contributed by atoms with Crippen LogP contribution in [0.25, 0.3) is 0 Å². The van der Waals surface area contributed by atoms with Crippen molar-refractivity contribution in [2.45, 2.75) is 0 Å². The predicted octanol–water partition coefficient (Wildman–Crippen LogP) is -1.26. The van der Waals surface area contributed by atoms with Gasteiger partial charge in [0.05, 0.1) is 0 Å². The van der Waals surface area contributed by atoms with E-state index >= 15 is 0 Å². The molecule has 1 aromatic carbocycles. The first kappa shape index (κ1) is 11.0. The third-order valence-electron chi connectivity index (χ3n) is 1.52. The van der Waals surface area contributed by atoms with Gasteiger partial charge in [0.1, 0.15) is 0 Å². The third-order valence-corrected chi connectivity index (χ3v) is 3.07. The zero-order valence-electron chi connectivity index (χ0n) is 7.17. The summed E-state index contributed by atoms with van der Waals surface area (Å²) in [5.41, 5.74) is 0.489. The minimum absolute atomic E-state index is 0.375. The molecule has 0 aliphatic rings. The monoisotopic (exact) mass is 258 g/mol. The summed E-state index contributed by atoms with van der Waals surface area (Å²) < 4.78 is 19.9. The van der Waals surface area contributed by atoms with Crippen LogP contribution in [0.1, 0.15) is 0 Å². The molecule has 0 aliphatic carbocycles. The van der Waals surface area contributed by atoms with Gasteiger partial charge in [-0.15, -0.1) is 0 Å². The minimum atomic E-state index is -3.07. The molecule has 3 N–H and O–H groups in total. The summed E-state index contributed by atoms with van der Waals surface area (Å²) >= 11 is -3.07. The molecule has 5 nitrogen and oxygen atoms in total. The van der Waals surface area contributed by atoms with E-state index in [0.29, 0.717) is 10.0 Å². The Morgan fingerprint density at radius 3 is 2.36 bits per heavy atom. The number of anilines is 1. The maximum atomic E-state index is 10.7. The van der Waals surface area contributed by atoms with Gasteiger partial charge < -0.3 is 0 Å². The van der Waals surface area contributed by atoms with E-state index in [1.165, 1.54) is 24.3 Å². The van der Waals surface area contributed by atoms with Crippen molar-refractivity contribution in [1.29, 1.82) is 0 Å². The van der Waals surface area contributed by atoms with Gasteiger partial charge in [0.25, 0.3) is 0 Å². The topological polar surface area (TPSA) is 86.6 Å². The molecule has 1 rings (SSSR count). The summed E-state index contributed by atoms with van der Waals surface area (Å²) in [4.78, 5) is 10.7. The zero-order valence-corrected chi connectivity index (χ0v) is 9.05. The van der Waals surface area contributed by atoms with Crippen LogP contribution in [0, 0.1) is 0 Å². The normalized spacial score (nSPS) is 10.9. The molecule has 0 spiro atoms. The first-order chi connectivity index (χ1) is 6.63. The summed E-state index contributed by atoms with van der Waals surface area (Å²) in [6, 6.07) is 5.97. The van der Waals surface area contributed by atoms with Crippen LogP contribution < -0.4 is 9.67 Å². The molecule has 0 saturated heterocycles. The van der Waals surface area contributed by atoms with E-state index in [1.807, 2.05) is 0 Å². The molecule has 1 radical (unpaired) electrons. The summed E-state index contributed by atoms with van der Waals surface area (Å²) in [7, 11) is 0. The molecule has 6 heteroatoms. The molecule has 0 saturated carbocycles. The maximum absolute atomic E-state index is 10.7. The van der Waals surface area contributed by atoms with Crippen molar-refractivity contribution in [3.8, 4) is 0 Å². The van der Waals surface area contributed by atoms with Gasteiger partial charge in [0.15, 0.2) is 0 Å². The fraction of sp³-hybridized carbons (Fsp3) is 0.125. The van der Waals surface area contributed by atoms with Gasteiger partial charge in [-0.3, -0.25) is 0 Å². The van der Waals surface area contributed by atoms with E-state index in [9.17, 15) is 8.53 Å². The number of hydrogen-bond acceptors (Lipinski definition) is 3. The van der Waals surface area contributed by atoms with Crippen LogP contribution in [0.3, 0.4) is 0 Å². The molecule has 0 aliphatic heterocycles. The Morgan fingerprint density at radius 1 is 1.36 bits per heavy atom. The molecule has 1 amide bonds. The molecule has 1 atom stereocenters. The van der Waals surface area contributed by atoms with Gasteiger partial charge in [0.2, 0.25) is 0 Å². The van der Waals surface area contributed by atoms with E-state index in [2.05, 4.69) is 5.32 Å². The molecule has 0 bridgehead atoms. The Labute approximate surface area is 85.2 Å². The molecule has 0 aromatic heterocycles. The van der Waals surface area contributed by atoms with Gasteiger partial charge in [0, 0.05) is 0 Å². The van der Waals surface area contributed by atoms with Crippen molar-refractivity contribution < 1.29 is 17.7 Å². The zero-order chi connectivity index (χ0) is 10.6. The molecule has 1 aromatic rings. The number of carbonyl (C=O) groups is 1. The number of hydrogen-bond donors (Lipinski definition) is 3. The van der Waals surface area contributed by atoms with Crippen molar-refractivity contribution in [1.82, 2.24) is 0 Å². The molecule has 0 fully saturated rings. The molecule has 0 heterocycles. The van der Waals surface area contributed by atoms with E-state index in [1.54, 1.807) is 0 Å². The summed E-state index contributed by atoms with van der Waals surface area (Å²) in [6.45, 7) is -0.582. The third kappa shape index (κ3) is 3.03. The van der Waals surface area contributed by atoms with Crippen molar-refractivity contribution >= 4 is 30.9 Å². The molecular weight excluding hydrogens is 249 g/mol. The average Bonchev–Trinajstić information content (AvgIpc) is 2.18. The van der Waals surface area contributed by atoms with Crippen molar-refractivity contribution in [2.75, 3.05) is 11.9 Å². The van der Waals surface area contributed by atoms with Crippen LogP contribution in [0.4, 0.5) is 5.69 Å². The molecule has 75 valence electrons. The van der Waals surface area contributed by atoms with Gasteiger partial charge in [-0.2, -0.15) is 0 Å². The summed E-state index contributed by atoms with van der Waals surface area (Å²) in [6.07, 6.45) is 0. The Morgan fingerprint density at radius 2 is 1.93 bits per heavy atom. The fourth-order valence-electron chi connectivity index (χ4n) is 0.873. The summed E-state index contributed by atoms with van der Waals surface area (Å²) in [5.74, 6) is -0.515. The Bertz CT molecular complexity index is 349. The van der Waals surface area contributed by atoms with Crippen molar-refractivity contribution in [3.63, 3.8) is 0 Å². The van der Waals surface area contributed by atoms with Crippen LogP contribution in [0.15, 0.2) is 24.3 Å². The first-order valence-electron chi connectivity index (χ1n) is 3.80. The van der Waals surface area contributed by atoms with E-state index in [4.69, 9.17) is 9.20 Å². The number of carbonyl (C=O) groups excluding carboxylic acids is 1. The van der Waals surface area contributed by atoms with Crippen LogP contribution in [0.5, 0.6) is 0 Å². The second-order valence-electron chi connectivity index (χ2n) is 2.53. The Balaban J connectivity index is 2.73. The van der Waals surface area contributed by atoms with Crippen LogP contribution in [-0.2, 0) is 8.53 Å². The van der Waals surface area contributed by atoms with E-state index in [0.717, 1.165) is 0 Å². The van der Waals surface area contributed by atoms with E-state index < -0.39 is 27.4 Å². The fourth-order valence-corrected chi connectivity index (χ4v) is 1.72. The number of nitrogens with one attached hydrogen (secondary N) is 1. The second kappa shape index (κ2) is 5.00. The SMILES string of the molecule is O=C(CO)Nc1ccc([As](=O)O)cc1. The van der Waals surface area contributed by atoms with Gasteiger partial charge in [-0.1, -0.05) is 0 Å². The molecule has 14 heavy (non-hydrogen) atoms. The van der Waals surface area contributed by atoms with Crippen molar-refractivity contribution in [2.24, 2.45) is 0 Å². The Kier molecular flexibility index (Phi) is 3.95. The van der Waals surface area contributed by atoms with Crippen LogP contribution in [-0.4, -0.2) is 36.6 Å². The predicted molar refractivity (Wildman–Crippen MR) is 50.5 cm³/mol. The quantitative estimate of drug-likeness (QED) is 0.590. The standard InChI is InChI=1S/C8H9AsNO4/c11-5-8(12)10-7-3-1-6(2-4-7)9(13)14/h1-4,11H,5H2,(H,10,12)(H,13,14). The second-order valence-corrected chi connectivity index (χ2v) is 4.75. The van der Waals surface area contributed by atoms with E-state index in [-0.39, 0.29) is 0 Å². The van der Waals surface area contributed by atoms with Gasteiger partial charge in [-0.05, 0) is 0 Å². The first-order valence-corrected chi connectivity index (χ1v) is 6.35.